The van der Waals surface area contributed by atoms with Gasteiger partial charge in [-0.3, -0.25) is 0 Å². The molecular formula is H3Ca2O4P2+. The van der Waals surface area contributed by atoms with Crippen molar-refractivity contribution in [3.05, 3.63) is 0 Å². The van der Waals surface area contributed by atoms with Crippen LogP contribution in [0, 0.1) is 0 Å². The summed E-state index contributed by atoms with van der Waals surface area (Å²) in [6, 6.07) is 0. The SMILES string of the molecule is O=P([O-])([O-])[O-].P.[Ca+2].[Ca+2]. The summed E-state index contributed by atoms with van der Waals surface area (Å²) in [6.07, 6.45) is 0. The molecule has 0 rings (SSSR count). The summed E-state index contributed by atoms with van der Waals surface area (Å²) >= 11 is 0. The first-order valence-corrected chi connectivity index (χ1v) is 2.19. The molecule has 0 bridgehead atoms. The monoisotopic (exact) mass is 209 g/mol. The van der Waals surface area contributed by atoms with Crippen LogP contribution in [-0.4, -0.2) is 75.5 Å². The Balaban J connectivity index is -0.0000000267. The molecule has 0 N–H and O–H groups in total. The third-order valence-corrected chi connectivity index (χ3v) is 0. The molecule has 0 saturated carbocycles. The van der Waals surface area contributed by atoms with E-state index in [0.717, 1.165) is 0 Å². The Kier molecular flexibility index (Phi) is 28.2. The van der Waals surface area contributed by atoms with Crippen LogP contribution in [0.25, 0.3) is 0 Å². The predicted molar refractivity (Wildman–Crippen MR) is 30.2 cm³/mol. The van der Waals surface area contributed by atoms with E-state index < -0.39 is 7.82 Å². The zero-order valence-corrected chi connectivity index (χ0v) is 10.9. The summed E-state index contributed by atoms with van der Waals surface area (Å²) in [7, 11) is -5.39. The van der Waals surface area contributed by atoms with E-state index in [2.05, 4.69) is 0 Å². The van der Waals surface area contributed by atoms with Crippen molar-refractivity contribution in [2.24, 2.45) is 0 Å². The van der Waals surface area contributed by atoms with Crippen LogP contribution < -0.4 is 14.7 Å². The second-order valence-electron chi connectivity index (χ2n) is 0.447. The van der Waals surface area contributed by atoms with Gasteiger partial charge in [-0.25, -0.2) is 0 Å². The van der Waals surface area contributed by atoms with Crippen molar-refractivity contribution >= 4 is 93.2 Å². The van der Waals surface area contributed by atoms with Crippen LogP contribution in [0.1, 0.15) is 0 Å². The van der Waals surface area contributed by atoms with Gasteiger partial charge < -0.3 is 19.2 Å². The number of hydrogen-bond donors (Lipinski definition) is 0. The van der Waals surface area contributed by atoms with E-state index in [1.165, 1.54) is 0 Å². The molecule has 1 unspecified atom stereocenters. The maximum Gasteiger partial charge on any atom is 2.00 e. The van der Waals surface area contributed by atoms with E-state index in [0.29, 0.717) is 0 Å². The fourth-order valence-corrected chi connectivity index (χ4v) is 0. The van der Waals surface area contributed by atoms with Gasteiger partial charge in [0.05, 0.1) is 0 Å². The van der Waals surface area contributed by atoms with E-state index in [1.807, 2.05) is 0 Å². The molecule has 4 nitrogen and oxygen atoms in total. The minimum atomic E-state index is -5.39. The summed E-state index contributed by atoms with van der Waals surface area (Å²) in [5.74, 6) is 0. The first-order chi connectivity index (χ1) is 2.00. The maximum atomic E-state index is 8.55. The van der Waals surface area contributed by atoms with Gasteiger partial charge in [0.1, 0.15) is 0 Å². The van der Waals surface area contributed by atoms with Crippen molar-refractivity contribution in [2.45, 2.75) is 0 Å². The van der Waals surface area contributed by atoms with Gasteiger partial charge in [-0.15, -0.1) is 0 Å². The summed E-state index contributed by atoms with van der Waals surface area (Å²) < 4.78 is 8.55. The molecule has 8 heavy (non-hydrogen) atoms. The molecular weight excluding hydrogens is 206 g/mol. The van der Waals surface area contributed by atoms with E-state index in [9.17, 15) is 0 Å². The molecule has 0 aromatic rings. The van der Waals surface area contributed by atoms with Crippen LogP contribution in [-0.2, 0) is 4.57 Å². The number of rotatable bonds is 0. The van der Waals surface area contributed by atoms with Gasteiger partial charge in [0, 0.05) is 0 Å². The Morgan fingerprint density at radius 3 is 1.00 bits per heavy atom. The van der Waals surface area contributed by atoms with Crippen LogP contribution in [0.15, 0.2) is 0 Å². The van der Waals surface area contributed by atoms with Crippen LogP contribution in [0.2, 0.25) is 0 Å². The third-order valence-electron chi connectivity index (χ3n) is 0. The van der Waals surface area contributed by atoms with Crippen molar-refractivity contribution in [1.29, 1.82) is 0 Å². The van der Waals surface area contributed by atoms with Crippen molar-refractivity contribution in [1.82, 2.24) is 0 Å². The second-order valence-corrected chi connectivity index (χ2v) is 1.34. The average molecular weight is 209 g/mol. The van der Waals surface area contributed by atoms with Crippen LogP contribution in [0.4, 0.5) is 0 Å². The molecule has 1 atom stereocenters. The molecule has 0 amide bonds. The predicted octanol–water partition coefficient (Wildman–Crippen LogP) is -3.53. The molecule has 0 radical (unpaired) electrons. The quantitative estimate of drug-likeness (QED) is 0.305. The molecule has 0 aromatic heterocycles. The molecule has 0 fully saturated rings. The largest absolute Gasteiger partial charge is 2.00 e. The summed E-state index contributed by atoms with van der Waals surface area (Å²) in [5.41, 5.74) is 0. The first kappa shape index (κ1) is 22.5. The Bertz CT molecular complexity index is 58.2. The second kappa shape index (κ2) is 10.1. The van der Waals surface area contributed by atoms with Gasteiger partial charge in [-0.05, 0) is 0 Å². The molecule has 0 spiro atoms. The van der Waals surface area contributed by atoms with E-state index in [4.69, 9.17) is 19.2 Å². The molecule has 40 valence electrons. The van der Waals surface area contributed by atoms with Gasteiger partial charge >= 0.3 is 75.5 Å². The third kappa shape index (κ3) is 62.9. The van der Waals surface area contributed by atoms with Gasteiger partial charge in [-0.1, -0.05) is 0 Å². The Labute approximate surface area is 110 Å². The van der Waals surface area contributed by atoms with Crippen molar-refractivity contribution in [3.8, 4) is 0 Å². The summed E-state index contributed by atoms with van der Waals surface area (Å²) in [6.45, 7) is 0. The van der Waals surface area contributed by atoms with Crippen LogP contribution in [0.5, 0.6) is 0 Å². The minimum Gasteiger partial charge on any atom is -0.822 e. The minimum absolute atomic E-state index is 0. The van der Waals surface area contributed by atoms with Crippen LogP contribution in [0.3, 0.4) is 0 Å². The van der Waals surface area contributed by atoms with Crippen molar-refractivity contribution < 1.29 is 19.2 Å². The maximum absolute atomic E-state index is 8.55. The molecule has 0 aliphatic rings. The van der Waals surface area contributed by atoms with Gasteiger partial charge in [0.25, 0.3) is 0 Å². The van der Waals surface area contributed by atoms with Gasteiger partial charge in [0.15, 0.2) is 0 Å². The molecule has 0 saturated heterocycles. The van der Waals surface area contributed by atoms with Crippen LogP contribution >= 0.6 is 17.7 Å². The molecule has 0 aromatic carbocycles. The first-order valence-electron chi connectivity index (χ1n) is 0.730. The molecule has 8 heteroatoms. The zero-order chi connectivity index (χ0) is 4.50. The topological polar surface area (TPSA) is 86.2 Å². The molecule has 0 aliphatic carbocycles. The van der Waals surface area contributed by atoms with Crippen molar-refractivity contribution in [2.75, 3.05) is 0 Å². The van der Waals surface area contributed by atoms with Crippen molar-refractivity contribution in [3.63, 3.8) is 0 Å². The smallest absolute Gasteiger partial charge is 0.822 e. The number of hydrogen-bond acceptors (Lipinski definition) is 4. The normalized spacial score (nSPS) is 7.38. The van der Waals surface area contributed by atoms with E-state index in [-0.39, 0.29) is 85.4 Å². The van der Waals surface area contributed by atoms with E-state index in [1.54, 1.807) is 0 Å². The molecule has 0 aliphatic heterocycles. The fourth-order valence-electron chi connectivity index (χ4n) is 0. The van der Waals surface area contributed by atoms with E-state index >= 15 is 0 Å². The Morgan fingerprint density at radius 1 is 1.00 bits per heavy atom. The Morgan fingerprint density at radius 2 is 1.00 bits per heavy atom. The standard InChI is InChI=1S/2Ca.H3O4P.H3P/c;;1-5(2,3)4;/h;;(H3,1,2,3,4);1H3/q2*+2;;/p-3. The average Bonchev–Trinajstić information content (AvgIpc) is 0.722. The summed E-state index contributed by atoms with van der Waals surface area (Å²) in [4.78, 5) is 25.6. The molecule has 0 heterocycles. The van der Waals surface area contributed by atoms with Gasteiger partial charge in [0.2, 0.25) is 0 Å². The number of phosphoric acid groups is 1. The summed E-state index contributed by atoms with van der Waals surface area (Å²) in [5, 5.41) is 0. The Hall–Kier alpha value is 3.06. The van der Waals surface area contributed by atoms with Gasteiger partial charge in [-0.2, -0.15) is 17.7 Å². The fraction of sp³-hybridized carbons (Fsp3) is 0. The zero-order valence-electron chi connectivity index (χ0n) is 4.20.